The van der Waals surface area contributed by atoms with Crippen LogP contribution in [0.1, 0.15) is 44.1 Å². The Kier molecular flexibility index (Phi) is 6.45. The third-order valence-electron chi connectivity index (χ3n) is 4.76. The monoisotopic (exact) mass is 338 g/mol. The van der Waals surface area contributed by atoms with Gasteiger partial charge in [-0.3, -0.25) is 4.79 Å². The van der Waals surface area contributed by atoms with Crippen LogP contribution in [-0.2, 0) is 4.79 Å². The van der Waals surface area contributed by atoms with Gasteiger partial charge in [0, 0.05) is 30.2 Å². The fourth-order valence-corrected chi connectivity index (χ4v) is 3.22. The maximum absolute atomic E-state index is 12.1. The van der Waals surface area contributed by atoms with E-state index < -0.39 is 5.60 Å². The van der Waals surface area contributed by atoms with Crippen molar-refractivity contribution < 1.29 is 9.90 Å². The van der Waals surface area contributed by atoms with Crippen LogP contribution in [0.3, 0.4) is 0 Å². The largest absolute Gasteiger partial charge is 0.390 e. The molecule has 2 N–H and O–H groups in total. The quantitative estimate of drug-likeness (QED) is 0.798. The van der Waals surface area contributed by atoms with Crippen molar-refractivity contribution in [3.05, 3.63) is 28.8 Å². The number of hydrogen-bond donors (Lipinski definition) is 2. The second-order valence-electron chi connectivity index (χ2n) is 6.70. The van der Waals surface area contributed by atoms with Gasteiger partial charge in [0.2, 0.25) is 5.91 Å². The summed E-state index contributed by atoms with van der Waals surface area (Å²) >= 11 is 6.06. The number of anilines is 1. The Labute approximate surface area is 143 Å². The van der Waals surface area contributed by atoms with E-state index in [9.17, 15) is 9.90 Å². The van der Waals surface area contributed by atoms with Crippen molar-refractivity contribution in [3.63, 3.8) is 0 Å². The van der Waals surface area contributed by atoms with Crippen LogP contribution in [0.15, 0.2) is 18.2 Å². The molecule has 0 saturated heterocycles. The average Bonchev–Trinajstić information content (AvgIpc) is 2.95. The van der Waals surface area contributed by atoms with E-state index in [0.717, 1.165) is 49.9 Å². The molecule has 0 aliphatic heterocycles. The number of nitrogens with zero attached hydrogens (tertiary/aromatic N) is 1. The molecular formula is C18H27ClN2O2. The first-order valence-corrected chi connectivity index (χ1v) is 8.73. The molecule has 0 spiro atoms. The van der Waals surface area contributed by atoms with E-state index in [1.807, 2.05) is 32.2 Å². The molecule has 0 atom stereocenters. The number of carbonyl (C=O) groups excluding carboxylic acids is 1. The molecule has 0 aromatic heterocycles. The second-order valence-corrected chi connectivity index (χ2v) is 7.10. The van der Waals surface area contributed by atoms with Crippen LogP contribution in [-0.4, -0.2) is 41.7 Å². The lowest BCUT2D eigenvalue weighted by atomic mass is 9.98. The zero-order chi connectivity index (χ0) is 16.9. The van der Waals surface area contributed by atoms with Gasteiger partial charge in [-0.1, -0.05) is 30.5 Å². The molecule has 0 bridgehead atoms. The average molecular weight is 339 g/mol. The lowest BCUT2D eigenvalue weighted by Gasteiger charge is -2.25. The molecule has 0 radical (unpaired) electrons. The fraction of sp³-hybridized carbons (Fsp3) is 0.611. The maximum atomic E-state index is 12.1. The predicted octanol–water partition coefficient (Wildman–Crippen LogP) is 3.60. The Morgan fingerprint density at radius 1 is 1.35 bits per heavy atom. The summed E-state index contributed by atoms with van der Waals surface area (Å²) in [6, 6.07) is 5.51. The molecule has 1 aliphatic rings. The normalized spacial score (nSPS) is 16.7. The van der Waals surface area contributed by atoms with Crippen molar-refractivity contribution >= 4 is 23.2 Å². The highest BCUT2D eigenvalue weighted by atomic mass is 35.5. The van der Waals surface area contributed by atoms with Gasteiger partial charge < -0.3 is 15.3 Å². The fourth-order valence-electron chi connectivity index (χ4n) is 3.04. The number of aliphatic hydroxyl groups is 1. The standard InChI is InChI=1S/C18H27ClN2O2/c1-14-15(19)6-5-7-16(14)20-17(22)8-12-21(2)13-11-18(23)9-3-4-10-18/h5-7,23H,3-4,8-13H2,1-2H3,(H,20,22). The molecule has 1 saturated carbocycles. The van der Waals surface area contributed by atoms with Crippen LogP contribution >= 0.6 is 11.6 Å². The maximum Gasteiger partial charge on any atom is 0.225 e. The van der Waals surface area contributed by atoms with Gasteiger partial charge in [-0.05, 0) is 50.9 Å². The van der Waals surface area contributed by atoms with Gasteiger partial charge in [0.1, 0.15) is 0 Å². The van der Waals surface area contributed by atoms with E-state index in [1.54, 1.807) is 0 Å². The highest BCUT2D eigenvalue weighted by molar-refractivity contribution is 6.31. The van der Waals surface area contributed by atoms with Gasteiger partial charge in [-0.2, -0.15) is 0 Å². The Balaban J connectivity index is 1.72. The Bertz CT molecular complexity index is 542. The van der Waals surface area contributed by atoms with E-state index in [-0.39, 0.29) is 5.91 Å². The molecule has 5 heteroatoms. The minimum Gasteiger partial charge on any atom is -0.390 e. The lowest BCUT2D eigenvalue weighted by Crippen LogP contribution is -2.32. The smallest absolute Gasteiger partial charge is 0.225 e. The highest BCUT2D eigenvalue weighted by Crippen LogP contribution is 2.32. The molecule has 0 heterocycles. The Morgan fingerprint density at radius 3 is 2.74 bits per heavy atom. The zero-order valence-electron chi connectivity index (χ0n) is 14.1. The molecule has 2 rings (SSSR count). The van der Waals surface area contributed by atoms with Gasteiger partial charge in [0.25, 0.3) is 0 Å². The van der Waals surface area contributed by atoms with Crippen molar-refractivity contribution in [2.24, 2.45) is 0 Å². The summed E-state index contributed by atoms with van der Waals surface area (Å²) in [7, 11) is 2.00. The van der Waals surface area contributed by atoms with Crippen LogP contribution in [0, 0.1) is 6.92 Å². The number of carbonyl (C=O) groups is 1. The Hall–Kier alpha value is -1.10. The first kappa shape index (κ1) is 18.2. The minimum atomic E-state index is -0.478. The van der Waals surface area contributed by atoms with Gasteiger partial charge in [0.05, 0.1) is 5.60 Å². The molecule has 0 unspecified atom stereocenters. The van der Waals surface area contributed by atoms with E-state index >= 15 is 0 Å². The summed E-state index contributed by atoms with van der Waals surface area (Å²) in [5, 5.41) is 13.9. The summed E-state index contributed by atoms with van der Waals surface area (Å²) in [5.41, 5.74) is 1.18. The summed E-state index contributed by atoms with van der Waals surface area (Å²) in [6.07, 6.45) is 5.30. The third kappa shape index (κ3) is 5.48. The van der Waals surface area contributed by atoms with Crippen molar-refractivity contribution in [1.82, 2.24) is 4.90 Å². The molecule has 1 aromatic rings. The number of halogens is 1. The number of hydrogen-bond acceptors (Lipinski definition) is 3. The predicted molar refractivity (Wildman–Crippen MR) is 95.0 cm³/mol. The van der Waals surface area contributed by atoms with Crippen LogP contribution in [0.5, 0.6) is 0 Å². The number of amides is 1. The summed E-state index contributed by atoms with van der Waals surface area (Å²) < 4.78 is 0. The first-order chi connectivity index (χ1) is 10.9. The SMILES string of the molecule is Cc1c(Cl)cccc1NC(=O)CCN(C)CCC1(O)CCCC1. The third-order valence-corrected chi connectivity index (χ3v) is 5.16. The zero-order valence-corrected chi connectivity index (χ0v) is 14.8. The Morgan fingerprint density at radius 2 is 2.04 bits per heavy atom. The van der Waals surface area contributed by atoms with E-state index in [4.69, 9.17) is 11.6 Å². The molecule has 1 fully saturated rings. The summed E-state index contributed by atoms with van der Waals surface area (Å²) in [5.74, 6) is -0.0122. The molecule has 128 valence electrons. The molecular weight excluding hydrogens is 312 g/mol. The number of benzene rings is 1. The minimum absolute atomic E-state index is 0.0122. The van der Waals surface area contributed by atoms with Crippen molar-refractivity contribution in [3.8, 4) is 0 Å². The van der Waals surface area contributed by atoms with Crippen LogP contribution < -0.4 is 5.32 Å². The van der Waals surface area contributed by atoms with Crippen LogP contribution in [0.25, 0.3) is 0 Å². The summed E-state index contributed by atoms with van der Waals surface area (Å²) in [6.45, 7) is 3.40. The van der Waals surface area contributed by atoms with Crippen molar-refractivity contribution in [1.29, 1.82) is 0 Å². The summed E-state index contributed by atoms with van der Waals surface area (Å²) in [4.78, 5) is 14.2. The van der Waals surface area contributed by atoms with E-state index in [1.165, 1.54) is 0 Å². The van der Waals surface area contributed by atoms with E-state index in [2.05, 4.69) is 10.2 Å². The van der Waals surface area contributed by atoms with Gasteiger partial charge in [-0.25, -0.2) is 0 Å². The number of nitrogens with one attached hydrogen (secondary N) is 1. The lowest BCUT2D eigenvalue weighted by molar-refractivity contribution is -0.116. The highest BCUT2D eigenvalue weighted by Gasteiger charge is 2.30. The molecule has 1 aromatic carbocycles. The van der Waals surface area contributed by atoms with Gasteiger partial charge in [-0.15, -0.1) is 0 Å². The topological polar surface area (TPSA) is 52.6 Å². The van der Waals surface area contributed by atoms with Gasteiger partial charge >= 0.3 is 0 Å². The first-order valence-electron chi connectivity index (χ1n) is 8.35. The second kappa shape index (κ2) is 8.13. The van der Waals surface area contributed by atoms with Crippen molar-refractivity contribution in [2.45, 2.75) is 51.0 Å². The molecule has 4 nitrogen and oxygen atoms in total. The van der Waals surface area contributed by atoms with Gasteiger partial charge in [0.15, 0.2) is 0 Å². The molecule has 1 amide bonds. The van der Waals surface area contributed by atoms with E-state index in [0.29, 0.717) is 18.0 Å². The van der Waals surface area contributed by atoms with Crippen LogP contribution in [0.2, 0.25) is 5.02 Å². The van der Waals surface area contributed by atoms with Crippen LogP contribution in [0.4, 0.5) is 5.69 Å². The molecule has 23 heavy (non-hydrogen) atoms. The molecule has 1 aliphatic carbocycles. The van der Waals surface area contributed by atoms with Crippen molar-refractivity contribution in [2.75, 3.05) is 25.5 Å². The number of rotatable bonds is 7.